The molecule has 14 heteroatoms. The number of aliphatic imine (C=N–C) groups is 1. The summed E-state index contributed by atoms with van der Waals surface area (Å²) >= 11 is 7.38. The molecule has 4 rings (SSSR count). The first kappa shape index (κ1) is 31.0. The number of halogens is 7. The van der Waals surface area contributed by atoms with Gasteiger partial charge in [0.2, 0.25) is 0 Å². The van der Waals surface area contributed by atoms with Gasteiger partial charge >= 0.3 is 12.4 Å². The van der Waals surface area contributed by atoms with E-state index in [0.717, 1.165) is 43.6 Å². The molecule has 41 heavy (non-hydrogen) atoms. The SMILES string of the molecule is COc1cc(/C=C2\SC(=O)NC2=NCCC2CCCN2C)c(Cl)cc1OCc1ccc(C(F)(F)F)cc1C(F)(F)F. The van der Waals surface area contributed by atoms with Crippen LogP contribution in [-0.2, 0) is 19.0 Å². The number of amidine groups is 1. The molecule has 1 unspecified atom stereocenters. The van der Waals surface area contributed by atoms with Gasteiger partial charge in [-0.25, -0.2) is 0 Å². The zero-order chi connectivity index (χ0) is 29.9. The molecular formula is C27H26ClF6N3O3S. The number of benzene rings is 2. The van der Waals surface area contributed by atoms with Crippen LogP contribution in [0.2, 0.25) is 5.02 Å². The number of ether oxygens (including phenoxy) is 2. The van der Waals surface area contributed by atoms with Crippen LogP contribution in [0.3, 0.4) is 0 Å². The van der Waals surface area contributed by atoms with Crippen molar-refractivity contribution in [2.75, 3.05) is 27.2 Å². The predicted molar refractivity (Wildman–Crippen MR) is 145 cm³/mol. The molecule has 2 aliphatic rings. The Kier molecular flexibility index (Phi) is 9.49. The first-order valence-corrected chi connectivity index (χ1v) is 13.7. The van der Waals surface area contributed by atoms with Crippen molar-refractivity contribution >= 4 is 40.5 Å². The Hall–Kier alpha value is -2.90. The van der Waals surface area contributed by atoms with E-state index in [-0.39, 0.29) is 27.8 Å². The highest BCUT2D eigenvalue weighted by Crippen LogP contribution is 2.40. The largest absolute Gasteiger partial charge is 0.493 e. The monoisotopic (exact) mass is 621 g/mol. The van der Waals surface area contributed by atoms with Gasteiger partial charge in [0.05, 0.1) is 28.2 Å². The van der Waals surface area contributed by atoms with Crippen LogP contribution in [0.15, 0.2) is 40.2 Å². The molecule has 2 aromatic rings. The van der Waals surface area contributed by atoms with Crippen molar-refractivity contribution in [1.82, 2.24) is 10.2 Å². The maximum atomic E-state index is 13.5. The molecule has 1 atom stereocenters. The molecule has 0 radical (unpaired) electrons. The van der Waals surface area contributed by atoms with Gasteiger partial charge in [-0.05, 0) is 74.5 Å². The minimum Gasteiger partial charge on any atom is -0.493 e. The summed E-state index contributed by atoms with van der Waals surface area (Å²) in [4.78, 5) is 19.5. The fraction of sp³-hybridized carbons (Fsp3) is 0.407. The Labute approximate surface area is 241 Å². The number of nitrogens with zero attached hydrogens (tertiary/aromatic N) is 2. The van der Waals surface area contributed by atoms with Gasteiger partial charge in [0.25, 0.3) is 5.24 Å². The Morgan fingerprint density at radius 1 is 1.15 bits per heavy atom. The summed E-state index contributed by atoms with van der Waals surface area (Å²) in [6.07, 6.45) is -5.24. The molecule has 2 heterocycles. The number of amides is 1. The zero-order valence-corrected chi connectivity index (χ0v) is 23.5. The molecule has 2 aliphatic heterocycles. The van der Waals surface area contributed by atoms with Gasteiger partial charge in [-0.1, -0.05) is 17.7 Å². The quantitative estimate of drug-likeness (QED) is 0.307. The molecule has 0 saturated carbocycles. The second kappa shape index (κ2) is 12.5. The fourth-order valence-corrected chi connectivity index (χ4v) is 5.54. The van der Waals surface area contributed by atoms with E-state index >= 15 is 0 Å². The fourth-order valence-electron chi connectivity index (χ4n) is 4.59. The predicted octanol–water partition coefficient (Wildman–Crippen LogP) is 7.65. The second-order valence-corrected chi connectivity index (χ2v) is 10.9. The summed E-state index contributed by atoms with van der Waals surface area (Å²) in [5.41, 5.74) is -2.94. The lowest BCUT2D eigenvalue weighted by molar-refractivity contribution is -0.143. The van der Waals surface area contributed by atoms with E-state index in [2.05, 4.69) is 22.3 Å². The lowest BCUT2D eigenvalue weighted by Gasteiger charge is -2.18. The van der Waals surface area contributed by atoms with E-state index in [4.69, 9.17) is 21.1 Å². The molecule has 1 N–H and O–H groups in total. The number of likely N-dealkylation sites (tertiary alicyclic amines) is 1. The van der Waals surface area contributed by atoms with Crippen molar-refractivity contribution in [1.29, 1.82) is 0 Å². The maximum absolute atomic E-state index is 13.5. The first-order chi connectivity index (χ1) is 19.3. The Bertz CT molecular complexity index is 1360. The third-order valence-electron chi connectivity index (χ3n) is 6.76. The summed E-state index contributed by atoms with van der Waals surface area (Å²) in [7, 11) is 3.39. The highest BCUT2D eigenvalue weighted by atomic mass is 35.5. The molecule has 222 valence electrons. The number of carbonyl (C=O) groups is 1. The third kappa shape index (κ3) is 7.69. The molecule has 0 aliphatic carbocycles. The number of methoxy groups -OCH3 is 1. The minimum absolute atomic E-state index is 0.0180. The van der Waals surface area contributed by atoms with Gasteiger partial charge in [0.1, 0.15) is 12.4 Å². The number of carbonyl (C=O) groups excluding carboxylic acids is 1. The average Bonchev–Trinajstić information content (AvgIpc) is 3.46. The van der Waals surface area contributed by atoms with Crippen LogP contribution in [0.25, 0.3) is 6.08 Å². The molecule has 2 saturated heterocycles. The zero-order valence-electron chi connectivity index (χ0n) is 22.0. The molecular weight excluding hydrogens is 596 g/mol. The van der Waals surface area contributed by atoms with Crippen molar-refractivity contribution in [3.05, 3.63) is 62.5 Å². The Morgan fingerprint density at radius 2 is 1.90 bits per heavy atom. The van der Waals surface area contributed by atoms with E-state index in [1.165, 1.54) is 19.2 Å². The summed E-state index contributed by atoms with van der Waals surface area (Å²) in [5.74, 6) is 0.514. The lowest BCUT2D eigenvalue weighted by Crippen LogP contribution is -2.26. The number of alkyl halides is 6. The number of rotatable bonds is 8. The van der Waals surface area contributed by atoms with Crippen LogP contribution in [0.1, 0.15) is 41.5 Å². The van der Waals surface area contributed by atoms with Gasteiger partial charge < -0.3 is 19.7 Å². The van der Waals surface area contributed by atoms with Crippen LogP contribution in [0, 0.1) is 0 Å². The van der Waals surface area contributed by atoms with E-state index in [1.807, 2.05) is 0 Å². The molecule has 0 aromatic heterocycles. The van der Waals surface area contributed by atoms with E-state index in [0.29, 0.717) is 35.0 Å². The number of hydrogen-bond acceptors (Lipinski definition) is 6. The Balaban J connectivity index is 1.54. The number of thioether (sulfide) groups is 1. The van der Waals surface area contributed by atoms with Crippen molar-refractivity contribution in [2.24, 2.45) is 4.99 Å². The van der Waals surface area contributed by atoms with Gasteiger partial charge in [0.15, 0.2) is 11.5 Å². The van der Waals surface area contributed by atoms with Crippen molar-refractivity contribution < 1.29 is 40.6 Å². The van der Waals surface area contributed by atoms with Gasteiger partial charge in [0, 0.05) is 24.2 Å². The lowest BCUT2D eigenvalue weighted by atomic mass is 10.0. The highest BCUT2D eigenvalue weighted by molar-refractivity contribution is 8.18. The molecule has 1 amide bonds. The molecule has 0 bridgehead atoms. The molecule has 2 fully saturated rings. The van der Waals surface area contributed by atoms with Gasteiger partial charge in [-0.15, -0.1) is 0 Å². The van der Waals surface area contributed by atoms with E-state index < -0.39 is 35.6 Å². The van der Waals surface area contributed by atoms with E-state index in [9.17, 15) is 31.1 Å². The topological polar surface area (TPSA) is 63.2 Å². The van der Waals surface area contributed by atoms with E-state index in [1.54, 1.807) is 6.08 Å². The van der Waals surface area contributed by atoms with Crippen LogP contribution in [-0.4, -0.2) is 49.3 Å². The smallest absolute Gasteiger partial charge is 0.416 e. The number of hydrogen-bond donors (Lipinski definition) is 1. The van der Waals surface area contributed by atoms with Crippen LogP contribution in [0.4, 0.5) is 31.1 Å². The van der Waals surface area contributed by atoms with Gasteiger partial charge in [-0.2, -0.15) is 26.3 Å². The standard InChI is InChI=1S/C27H26ClF6N3O3S/c1-37-9-3-4-18(37)7-8-35-24-23(41-25(38)36-24)11-16-10-21(39-2)22(13-20(16)28)40-14-15-5-6-17(26(29,30)31)12-19(15)27(32,33)34/h5-6,10-13,18H,3-4,7-9,14H2,1-2H3,(H,35,36,38)/b23-11-. The molecule has 0 spiro atoms. The minimum atomic E-state index is -5.03. The summed E-state index contributed by atoms with van der Waals surface area (Å²) in [6.45, 7) is 0.879. The Morgan fingerprint density at radius 3 is 2.54 bits per heavy atom. The summed E-state index contributed by atoms with van der Waals surface area (Å²) in [6, 6.07) is 4.59. The normalized spacial score (nSPS) is 20.2. The van der Waals surface area contributed by atoms with Crippen LogP contribution in [0.5, 0.6) is 11.5 Å². The molecule has 2 aromatic carbocycles. The van der Waals surface area contributed by atoms with Crippen molar-refractivity contribution in [2.45, 2.75) is 44.3 Å². The molecule has 6 nitrogen and oxygen atoms in total. The van der Waals surface area contributed by atoms with Crippen LogP contribution >= 0.6 is 23.4 Å². The maximum Gasteiger partial charge on any atom is 0.416 e. The van der Waals surface area contributed by atoms with Crippen molar-refractivity contribution in [3.8, 4) is 11.5 Å². The first-order valence-electron chi connectivity index (χ1n) is 12.5. The summed E-state index contributed by atoms with van der Waals surface area (Å²) in [5, 5.41) is 2.56. The average molecular weight is 622 g/mol. The second-order valence-electron chi connectivity index (χ2n) is 9.50. The van der Waals surface area contributed by atoms with Gasteiger partial charge in [-0.3, -0.25) is 9.79 Å². The highest BCUT2D eigenvalue weighted by Gasteiger charge is 2.38. The van der Waals surface area contributed by atoms with Crippen LogP contribution < -0.4 is 14.8 Å². The van der Waals surface area contributed by atoms with Crippen molar-refractivity contribution in [3.63, 3.8) is 0 Å². The number of nitrogens with one attached hydrogen (secondary N) is 1. The summed E-state index contributed by atoms with van der Waals surface area (Å²) < 4.78 is 90.3. The third-order valence-corrected chi connectivity index (χ3v) is 7.90.